The second-order valence-electron chi connectivity index (χ2n) is 5.07. The molecule has 0 saturated heterocycles. The zero-order valence-corrected chi connectivity index (χ0v) is 15.0. The molecule has 0 aliphatic heterocycles. The van der Waals surface area contributed by atoms with Crippen LogP contribution in [0.15, 0.2) is 12.1 Å². The second-order valence-corrected chi connectivity index (χ2v) is 5.93. The quantitative estimate of drug-likeness (QED) is 0.735. The van der Waals surface area contributed by atoms with Gasteiger partial charge < -0.3 is 19.1 Å². The molecular formula is C16H25NO4S. The Kier molecular flexibility index (Phi) is 7.38. The van der Waals surface area contributed by atoms with E-state index in [1.54, 1.807) is 27.4 Å². The zero-order chi connectivity index (χ0) is 16.7. The van der Waals surface area contributed by atoms with Crippen molar-refractivity contribution in [2.24, 2.45) is 0 Å². The fourth-order valence-corrected chi connectivity index (χ4v) is 2.58. The average molecular weight is 327 g/mol. The minimum Gasteiger partial charge on any atom is -0.496 e. The Morgan fingerprint density at radius 3 is 2.09 bits per heavy atom. The number of thioether (sulfide) groups is 1. The van der Waals surface area contributed by atoms with E-state index < -0.39 is 0 Å². The number of ether oxygens (including phenoxy) is 3. The zero-order valence-electron chi connectivity index (χ0n) is 14.1. The molecule has 0 heterocycles. The van der Waals surface area contributed by atoms with Gasteiger partial charge in [-0.15, -0.1) is 0 Å². The Balaban J connectivity index is 3.15. The van der Waals surface area contributed by atoms with E-state index in [4.69, 9.17) is 14.2 Å². The van der Waals surface area contributed by atoms with Crippen molar-refractivity contribution in [3.63, 3.8) is 0 Å². The molecule has 0 fully saturated rings. The number of amides is 1. The van der Waals surface area contributed by atoms with Crippen LogP contribution >= 0.6 is 11.8 Å². The summed E-state index contributed by atoms with van der Waals surface area (Å²) in [5.41, 5.74) is 0.892. The van der Waals surface area contributed by atoms with Crippen LogP contribution < -0.4 is 14.2 Å². The smallest absolute Gasteiger partial charge is 0.233 e. The first-order valence-electron chi connectivity index (χ1n) is 7.05. The van der Waals surface area contributed by atoms with Gasteiger partial charge in [0.05, 0.1) is 27.1 Å². The van der Waals surface area contributed by atoms with Crippen LogP contribution in [0.2, 0.25) is 0 Å². The van der Waals surface area contributed by atoms with Gasteiger partial charge in [-0.1, -0.05) is 0 Å². The lowest BCUT2D eigenvalue weighted by Crippen LogP contribution is -2.37. The van der Waals surface area contributed by atoms with Crippen molar-refractivity contribution >= 4 is 17.7 Å². The Bertz CT molecular complexity index is 505. The van der Waals surface area contributed by atoms with Gasteiger partial charge in [0.1, 0.15) is 5.75 Å². The summed E-state index contributed by atoms with van der Waals surface area (Å²) in [5, 5.41) is 0. The van der Waals surface area contributed by atoms with Gasteiger partial charge in [-0.05, 0) is 26.2 Å². The maximum Gasteiger partial charge on any atom is 0.233 e. The van der Waals surface area contributed by atoms with Crippen molar-refractivity contribution in [3.05, 3.63) is 17.7 Å². The average Bonchev–Trinajstić information content (AvgIpc) is 2.51. The lowest BCUT2D eigenvalue weighted by atomic mass is 10.1. The highest BCUT2D eigenvalue weighted by molar-refractivity contribution is 7.99. The van der Waals surface area contributed by atoms with E-state index in [0.29, 0.717) is 29.5 Å². The maximum absolute atomic E-state index is 12.3. The topological polar surface area (TPSA) is 48.0 Å². The largest absolute Gasteiger partial charge is 0.496 e. The van der Waals surface area contributed by atoms with E-state index in [-0.39, 0.29) is 11.9 Å². The molecule has 1 rings (SSSR count). The number of hydrogen-bond donors (Lipinski definition) is 0. The normalized spacial score (nSPS) is 10.5. The number of benzene rings is 1. The van der Waals surface area contributed by atoms with Crippen LogP contribution in [0, 0.1) is 0 Å². The summed E-state index contributed by atoms with van der Waals surface area (Å²) in [7, 11) is 4.78. The highest BCUT2D eigenvalue weighted by Gasteiger charge is 2.20. The van der Waals surface area contributed by atoms with Crippen LogP contribution in [0.1, 0.15) is 19.4 Å². The van der Waals surface area contributed by atoms with Gasteiger partial charge in [-0.3, -0.25) is 4.79 Å². The van der Waals surface area contributed by atoms with E-state index in [2.05, 4.69) is 0 Å². The molecule has 1 aromatic rings. The summed E-state index contributed by atoms with van der Waals surface area (Å²) in [6.45, 7) is 4.48. The molecule has 0 atom stereocenters. The first-order valence-corrected chi connectivity index (χ1v) is 8.45. The van der Waals surface area contributed by atoms with Crippen molar-refractivity contribution < 1.29 is 19.0 Å². The second kappa shape index (κ2) is 8.78. The Morgan fingerprint density at radius 1 is 1.09 bits per heavy atom. The first-order chi connectivity index (χ1) is 10.5. The van der Waals surface area contributed by atoms with Crippen LogP contribution in [0.3, 0.4) is 0 Å². The highest BCUT2D eigenvalue weighted by Crippen LogP contribution is 2.35. The van der Waals surface area contributed by atoms with Crippen LogP contribution in [0.4, 0.5) is 0 Å². The molecule has 0 radical (unpaired) electrons. The molecule has 0 unspecified atom stereocenters. The first kappa shape index (κ1) is 18.5. The van der Waals surface area contributed by atoms with Crippen molar-refractivity contribution in [3.8, 4) is 17.2 Å². The van der Waals surface area contributed by atoms with Gasteiger partial charge in [0, 0.05) is 24.2 Å². The SMILES string of the molecule is COc1cc(OC)c(OC)cc1CN(C(=O)CSC)C(C)C. The third-order valence-corrected chi connectivity index (χ3v) is 3.87. The molecule has 6 heteroatoms. The van der Waals surface area contributed by atoms with E-state index in [9.17, 15) is 4.79 Å². The standard InChI is InChI=1S/C16H25NO4S/c1-11(2)17(16(18)10-22-6)9-12-7-14(20-4)15(21-5)8-13(12)19-3/h7-8,11H,9-10H2,1-6H3. The number of methoxy groups -OCH3 is 3. The Morgan fingerprint density at radius 2 is 1.64 bits per heavy atom. The lowest BCUT2D eigenvalue weighted by Gasteiger charge is -2.27. The van der Waals surface area contributed by atoms with Crippen molar-refractivity contribution in [2.75, 3.05) is 33.3 Å². The van der Waals surface area contributed by atoms with Gasteiger partial charge in [-0.25, -0.2) is 0 Å². The van der Waals surface area contributed by atoms with Crippen molar-refractivity contribution in [1.82, 2.24) is 4.90 Å². The predicted octanol–water partition coefficient (Wildman–Crippen LogP) is 2.81. The third-order valence-electron chi connectivity index (χ3n) is 3.34. The monoisotopic (exact) mass is 327 g/mol. The number of hydrogen-bond acceptors (Lipinski definition) is 5. The van der Waals surface area contributed by atoms with Crippen molar-refractivity contribution in [2.45, 2.75) is 26.4 Å². The maximum atomic E-state index is 12.3. The molecular weight excluding hydrogens is 302 g/mol. The summed E-state index contributed by atoms with van der Waals surface area (Å²) < 4.78 is 16.1. The van der Waals surface area contributed by atoms with Gasteiger partial charge >= 0.3 is 0 Å². The molecule has 22 heavy (non-hydrogen) atoms. The summed E-state index contributed by atoms with van der Waals surface area (Å²) >= 11 is 1.52. The molecule has 124 valence electrons. The van der Waals surface area contributed by atoms with Crippen LogP contribution in [0.5, 0.6) is 17.2 Å². The minimum absolute atomic E-state index is 0.109. The Hall–Kier alpha value is -1.56. The molecule has 0 spiro atoms. The lowest BCUT2D eigenvalue weighted by molar-refractivity contribution is -0.130. The van der Waals surface area contributed by atoms with E-state index >= 15 is 0 Å². The molecule has 0 saturated carbocycles. The third kappa shape index (κ3) is 4.47. The molecule has 1 amide bonds. The summed E-state index contributed by atoms with van der Waals surface area (Å²) in [6.07, 6.45) is 1.92. The number of rotatable bonds is 8. The molecule has 0 bridgehead atoms. The highest BCUT2D eigenvalue weighted by atomic mass is 32.2. The summed E-state index contributed by atoms with van der Waals surface area (Å²) in [5.74, 6) is 2.49. The molecule has 0 N–H and O–H groups in total. The predicted molar refractivity (Wildman–Crippen MR) is 90.2 cm³/mol. The summed E-state index contributed by atoms with van der Waals surface area (Å²) in [6, 6.07) is 3.75. The van der Waals surface area contributed by atoms with Crippen molar-refractivity contribution in [1.29, 1.82) is 0 Å². The molecule has 5 nitrogen and oxygen atoms in total. The van der Waals surface area contributed by atoms with E-state index in [0.717, 1.165) is 5.56 Å². The van der Waals surface area contributed by atoms with Gasteiger partial charge in [0.25, 0.3) is 0 Å². The molecule has 0 aliphatic carbocycles. The minimum atomic E-state index is 0.109. The Labute approximate surface area is 136 Å². The molecule has 0 aromatic heterocycles. The fourth-order valence-electron chi connectivity index (χ4n) is 2.16. The molecule has 1 aromatic carbocycles. The van der Waals surface area contributed by atoms with Gasteiger partial charge in [0.2, 0.25) is 5.91 Å². The van der Waals surface area contributed by atoms with Crippen LogP contribution in [-0.4, -0.2) is 50.2 Å². The summed E-state index contributed by atoms with van der Waals surface area (Å²) in [4.78, 5) is 14.1. The van der Waals surface area contributed by atoms with E-state index in [1.807, 2.05) is 31.1 Å². The molecule has 0 aliphatic rings. The van der Waals surface area contributed by atoms with Gasteiger partial charge in [0.15, 0.2) is 11.5 Å². The fraction of sp³-hybridized carbons (Fsp3) is 0.562. The van der Waals surface area contributed by atoms with Crippen LogP contribution in [-0.2, 0) is 11.3 Å². The van der Waals surface area contributed by atoms with E-state index in [1.165, 1.54) is 11.8 Å². The van der Waals surface area contributed by atoms with Crippen LogP contribution in [0.25, 0.3) is 0 Å². The van der Waals surface area contributed by atoms with Gasteiger partial charge in [-0.2, -0.15) is 11.8 Å². The number of carbonyl (C=O) groups excluding carboxylic acids is 1. The number of nitrogens with zero attached hydrogens (tertiary/aromatic N) is 1. The number of carbonyl (C=O) groups is 1.